The lowest BCUT2D eigenvalue weighted by molar-refractivity contribution is -0.118. The van der Waals surface area contributed by atoms with Crippen LogP contribution >= 0.6 is 0 Å². The van der Waals surface area contributed by atoms with Crippen LogP contribution in [0.3, 0.4) is 0 Å². The first-order valence-electron chi connectivity index (χ1n) is 9.14. The molecule has 0 atom stereocenters. The van der Waals surface area contributed by atoms with Crippen molar-refractivity contribution in [2.24, 2.45) is 0 Å². The Bertz CT molecular complexity index is 922. The van der Waals surface area contributed by atoms with Gasteiger partial charge in [-0.25, -0.2) is 9.59 Å². The van der Waals surface area contributed by atoms with E-state index in [0.29, 0.717) is 30.4 Å². The van der Waals surface area contributed by atoms with Crippen LogP contribution in [0.25, 0.3) is 0 Å². The Hall–Kier alpha value is -3.75. The van der Waals surface area contributed by atoms with Gasteiger partial charge in [0.25, 0.3) is 5.91 Å². The molecule has 1 aliphatic rings. The van der Waals surface area contributed by atoms with Crippen molar-refractivity contribution in [2.45, 2.75) is 6.42 Å². The van der Waals surface area contributed by atoms with Crippen LogP contribution in [0.2, 0.25) is 0 Å². The molecule has 0 radical (unpaired) electrons. The summed E-state index contributed by atoms with van der Waals surface area (Å²) in [6.07, 6.45) is 0.780. The topological polar surface area (TPSA) is 109 Å². The highest BCUT2D eigenvalue weighted by Gasteiger charge is 2.16. The maximum Gasteiger partial charge on any atom is 0.338 e. The van der Waals surface area contributed by atoms with Crippen molar-refractivity contribution in [1.29, 1.82) is 0 Å². The van der Waals surface area contributed by atoms with Crippen LogP contribution in [0.15, 0.2) is 36.4 Å². The highest BCUT2D eigenvalue weighted by atomic mass is 16.5. The second-order valence-electron chi connectivity index (χ2n) is 6.28. The molecule has 0 unspecified atom stereocenters. The van der Waals surface area contributed by atoms with E-state index < -0.39 is 17.8 Å². The average Bonchev–Trinajstić information content (AvgIpc) is 3.01. The summed E-state index contributed by atoms with van der Waals surface area (Å²) in [6.45, 7) is 0.761. The van der Waals surface area contributed by atoms with Gasteiger partial charge in [-0.05, 0) is 30.3 Å². The third-order valence-electron chi connectivity index (χ3n) is 4.15. The second kappa shape index (κ2) is 9.64. The van der Waals surface area contributed by atoms with E-state index in [1.165, 1.54) is 32.4 Å². The standard InChI is InChI=1S/C21H21NO8/c1-26-20(24)13-8-14(21(25)27-2)10-16(9-13)30-12-19(23)22-15-4-5-17-18(11-15)29-7-3-6-28-17/h4-5,8-11H,3,6-7,12H2,1-2H3,(H,22,23). The molecule has 0 saturated carbocycles. The number of anilines is 1. The molecule has 2 aromatic rings. The van der Waals surface area contributed by atoms with Gasteiger partial charge in [0.2, 0.25) is 0 Å². The van der Waals surface area contributed by atoms with Crippen molar-refractivity contribution in [3.8, 4) is 17.2 Å². The van der Waals surface area contributed by atoms with E-state index in [2.05, 4.69) is 14.8 Å². The monoisotopic (exact) mass is 415 g/mol. The summed E-state index contributed by atoms with van der Waals surface area (Å²) in [5.41, 5.74) is 0.712. The number of amides is 1. The van der Waals surface area contributed by atoms with E-state index >= 15 is 0 Å². The van der Waals surface area contributed by atoms with Crippen LogP contribution in [-0.4, -0.2) is 51.9 Å². The minimum Gasteiger partial charge on any atom is -0.490 e. The SMILES string of the molecule is COC(=O)c1cc(OCC(=O)Nc2ccc3c(c2)OCCCO3)cc(C(=O)OC)c1. The molecule has 0 saturated heterocycles. The molecular formula is C21H21NO8. The molecule has 9 nitrogen and oxygen atoms in total. The highest BCUT2D eigenvalue weighted by Crippen LogP contribution is 2.32. The van der Waals surface area contributed by atoms with E-state index in [0.717, 1.165) is 6.42 Å². The van der Waals surface area contributed by atoms with Crippen LogP contribution < -0.4 is 19.5 Å². The molecule has 9 heteroatoms. The van der Waals surface area contributed by atoms with E-state index in [1.807, 2.05) is 0 Å². The molecule has 1 aliphatic heterocycles. The Morgan fingerprint density at radius 1 is 0.900 bits per heavy atom. The maximum absolute atomic E-state index is 12.3. The molecule has 0 fully saturated rings. The predicted molar refractivity (Wildman–Crippen MR) is 105 cm³/mol. The van der Waals surface area contributed by atoms with Crippen LogP contribution in [0.1, 0.15) is 27.1 Å². The zero-order valence-corrected chi connectivity index (χ0v) is 16.6. The smallest absolute Gasteiger partial charge is 0.338 e. The minimum absolute atomic E-state index is 0.0960. The minimum atomic E-state index is -0.651. The summed E-state index contributed by atoms with van der Waals surface area (Å²) in [7, 11) is 2.44. The van der Waals surface area contributed by atoms with Crippen LogP contribution in [-0.2, 0) is 14.3 Å². The Morgan fingerprint density at radius 2 is 1.53 bits per heavy atom. The molecule has 0 bridgehead atoms. The number of hydrogen-bond acceptors (Lipinski definition) is 8. The van der Waals surface area contributed by atoms with Gasteiger partial charge < -0.3 is 29.0 Å². The van der Waals surface area contributed by atoms with Gasteiger partial charge in [-0.1, -0.05) is 0 Å². The molecule has 0 aromatic heterocycles. The van der Waals surface area contributed by atoms with E-state index in [9.17, 15) is 14.4 Å². The van der Waals surface area contributed by atoms with Gasteiger partial charge in [0, 0.05) is 18.2 Å². The summed E-state index contributed by atoms with van der Waals surface area (Å²) in [5, 5.41) is 2.70. The first-order valence-corrected chi connectivity index (χ1v) is 9.14. The number of carbonyl (C=O) groups excluding carboxylic acids is 3. The number of carbonyl (C=O) groups is 3. The number of fused-ring (bicyclic) bond motifs is 1. The largest absolute Gasteiger partial charge is 0.490 e. The number of hydrogen-bond donors (Lipinski definition) is 1. The number of benzene rings is 2. The first-order chi connectivity index (χ1) is 14.5. The number of ether oxygens (including phenoxy) is 5. The number of rotatable bonds is 6. The Labute approximate surface area is 172 Å². The van der Waals surface area contributed by atoms with Crippen molar-refractivity contribution < 1.29 is 38.1 Å². The lowest BCUT2D eigenvalue weighted by Gasteiger charge is -2.12. The van der Waals surface area contributed by atoms with Gasteiger partial charge in [0.15, 0.2) is 18.1 Å². The van der Waals surface area contributed by atoms with Crippen LogP contribution in [0.5, 0.6) is 17.2 Å². The summed E-state index contributed by atoms with van der Waals surface area (Å²) >= 11 is 0. The third kappa shape index (κ3) is 5.19. The normalized spacial score (nSPS) is 12.3. The summed E-state index contributed by atoms with van der Waals surface area (Å²) in [4.78, 5) is 35.9. The van der Waals surface area contributed by atoms with Gasteiger partial charge >= 0.3 is 11.9 Å². The summed E-state index contributed by atoms with van der Waals surface area (Å²) < 4.78 is 26.0. The fourth-order valence-corrected chi connectivity index (χ4v) is 2.74. The van der Waals surface area contributed by atoms with Gasteiger partial charge in [-0.15, -0.1) is 0 Å². The molecular weight excluding hydrogens is 394 g/mol. The van der Waals surface area contributed by atoms with Gasteiger partial charge in [-0.3, -0.25) is 4.79 Å². The molecule has 3 rings (SSSR count). The summed E-state index contributed by atoms with van der Waals surface area (Å²) in [5.74, 6) is -0.416. The lowest BCUT2D eigenvalue weighted by Crippen LogP contribution is -2.20. The lowest BCUT2D eigenvalue weighted by atomic mass is 10.1. The Morgan fingerprint density at radius 3 is 2.17 bits per heavy atom. The van der Waals surface area contributed by atoms with Gasteiger partial charge in [-0.2, -0.15) is 0 Å². The van der Waals surface area contributed by atoms with Crippen molar-refractivity contribution >= 4 is 23.5 Å². The van der Waals surface area contributed by atoms with E-state index in [4.69, 9.17) is 14.2 Å². The zero-order valence-electron chi connectivity index (χ0n) is 16.6. The highest BCUT2D eigenvalue weighted by molar-refractivity contribution is 5.96. The average molecular weight is 415 g/mol. The molecule has 2 aromatic carbocycles. The van der Waals surface area contributed by atoms with Crippen molar-refractivity contribution in [1.82, 2.24) is 0 Å². The number of methoxy groups -OCH3 is 2. The van der Waals surface area contributed by atoms with Crippen LogP contribution in [0, 0.1) is 0 Å². The van der Waals surface area contributed by atoms with Crippen LogP contribution in [0.4, 0.5) is 5.69 Å². The molecule has 1 heterocycles. The van der Waals surface area contributed by atoms with Gasteiger partial charge in [0.1, 0.15) is 5.75 Å². The summed E-state index contributed by atoms with van der Waals surface area (Å²) in [6, 6.07) is 9.16. The van der Waals surface area contributed by atoms with Crippen molar-refractivity contribution in [2.75, 3.05) is 39.4 Å². The Kier molecular flexibility index (Phi) is 6.74. The fourth-order valence-electron chi connectivity index (χ4n) is 2.74. The number of esters is 2. The molecule has 30 heavy (non-hydrogen) atoms. The third-order valence-corrected chi connectivity index (χ3v) is 4.15. The first kappa shape index (κ1) is 21.0. The molecule has 158 valence electrons. The van der Waals surface area contributed by atoms with Gasteiger partial charge in [0.05, 0.1) is 38.6 Å². The predicted octanol–water partition coefficient (Wildman–Crippen LogP) is 2.44. The zero-order chi connectivity index (χ0) is 21.5. The second-order valence-corrected chi connectivity index (χ2v) is 6.28. The quantitative estimate of drug-likeness (QED) is 0.717. The van der Waals surface area contributed by atoms with E-state index in [1.54, 1.807) is 18.2 Å². The van der Waals surface area contributed by atoms with Crippen molar-refractivity contribution in [3.63, 3.8) is 0 Å². The molecule has 0 aliphatic carbocycles. The van der Waals surface area contributed by atoms with Crippen molar-refractivity contribution in [3.05, 3.63) is 47.5 Å². The molecule has 0 spiro atoms. The molecule has 1 N–H and O–H groups in total. The Balaban J connectivity index is 1.67. The molecule has 1 amide bonds. The number of nitrogens with one attached hydrogen (secondary N) is 1. The van der Waals surface area contributed by atoms with E-state index in [-0.39, 0.29) is 23.5 Å². The fraction of sp³-hybridized carbons (Fsp3) is 0.286. The maximum atomic E-state index is 12.3.